The normalized spacial score (nSPS) is 10.3. The number of carbonyl (C=O) groups excluding carboxylic acids is 1. The predicted octanol–water partition coefficient (Wildman–Crippen LogP) is 3.64. The number of rotatable bonds is 2. The largest absolute Gasteiger partial charge is 0.319 e. The van der Waals surface area contributed by atoms with Crippen LogP contribution in [0.3, 0.4) is 0 Å². The molecule has 2 nitrogen and oxygen atoms in total. The summed E-state index contributed by atoms with van der Waals surface area (Å²) in [5.74, 6) is -4.23. The maximum absolute atomic E-state index is 13.3. The molecule has 2 aromatic carbocycles. The summed E-state index contributed by atoms with van der Waals surface area (Å²) < 4.78 is 39.1. The first-order valence-corrected chi connectivity index (χ1v) is 5.67. The Hall–Kier alpha value is -1.95. The second kappa shape index (κ2) is 5.36. The number of halogens is 3. The van der Waals surface area contributed by atoms with Crippen molar-refractivity contribution in [2.45, 2.75) is 4.90 Å². The summed E-state index contributed by atoms with van der Waals surface area (Å²) in [7, 11) is 0. The molecule has 0 radical (unpaired) electrons. The molecule has 0 fully saturated rings. The van der Waals surface area contributed by atoms with E-state index in [1.54, 1.807) is 12.1 Å². The molecule has 0 aliphatic rings. The van der Waals surface area contributed by atoms with Gasteiger partial charge in [-0.1, -0.05) is 6.07 Å². The van der Waals surface area contributed by atoms with Gasteiger partial charge < -0.3 is 5.32 Å². The van der Waals surface area contributed by atoms with E-state index in [0.29, 0.717) is 17.0 Å². The van der Waals surface area contributed by atoms with Crippen molar-refractivity contribution in [1.82, 2.24) is 0 Å². The molecule has 0 atom stereocenters. The highest BCUT2D eigenvalue weighted by Gasteiger charge is 2.13. The van der Waals surface area contributed by atoms with Gasteiger partial charge in [0, 0.05) is 22.6 Å². The van der Waals surface area contributed by atoms with E-state index in [0.717, 1.165) is 0 Å². The van der Waals surface area contributed by atoms with Crippen LogP contribution in [0, 0.1) is 17.5 Å². The highest BCUT2D eigenvalue weighted by atomic mass is 32.1. The Morgan fingerprint density at radius 2 is 1.68 bits per heavy atom. The third-order valence-electron chi connectivity index (χ3n) is 2.37. The van der Waals surface area contributed by atoms with Crippen molar-refractivity contribution in [2.75, 3.05) is 5.32 Å². The van der Waals surface area contributed by atoms with Gasteiger partial charge in [-0.25, -0.2) is 13.2 Å². The van der Waals surface area contributed by atoms with E-state index in [9.17, 15) is 18.0 Å². The molecule has 0 unspecified atom stereocenters. The van der Waals surface area contributed by atoms with Gasteiger partial charge in [-0.05, 0) is 18.2 Å². The fourth-order valence-corrected chi connectivity index (χ4v) is 1.69. The highest BCUT2D eigenvalue weighted by molar-refractivity contribution is 7.80. The fourth-order valence-electron chi connectivity index (χ4n) is 1.46. The van der Waals surface area contributed by atoms with E-state index < -0.39 is 29.0 Å². The fraction of sp³-hybridized carbons (Fsp3) is 0. The summed E-state index contributed by atoms with van der Waals surface area (Å²) in [6.45, 7) is 0. The van der Waals surface area contributed by atoms with Gasteiger partial charge >= 0.3 is 0 Å². The second-order valence-electron chi connectivity index (χ2n) is 3.75. The molecule has 98 valence electrons. The Kier molecular flexibility index (Phi) is 3.80. The van der Waals surface area contributed by atoms with E-state index in [-0.39, 0.29) is 5.56 Å². The van der Waals surface area contributed by atoms with E-state index in [1.807, 2.05) is 0 Å². The van der Waals surface area contributed by atoms with Crippen LogP contribution in [0.4, 0.5) is 18.9 Å². The molecule has 0 heterocycles. The Balaban J connectivity index is 2.27. The molecule has 0 aliphatic heterocycles. The van der Waals surface area contributed by atoms with Crippen molar-refractivity contribution in [1.29, 1.82) is 0 Å². The summed E-state index contributed by atoms with van der Waals surface area (Å²) in [5, 5.41) is 2.17. The van der Waals surface area contributed by atoms with Crippen LogP contribution in [0.5, 0.6) is 0 Å². The summed E-state index contributed by atoms with van der Waals surface area (Å²) >= 11 is 4.06. The minimum atomic E-state index is -1.31. The number of nitrogens with one attached hydrogen (secondary N) is 1. The van der Waals surface area contributed by atoms with Gasteiger partial charge in [0.05, 0.1) is 5.69 Å². The zero-order chi connectivity index (χ0) is 14.0. The minimum Gasteiger partial charge on any atom is -0.319 e. The predicted molar refractivity (Wildman–Crippen MR) is 68.0 cm³/mol. The summed E-state index contributed by atoms with van der Waals surface area (Å²) in [5.41, 5.74) is -0.190. The summed E-state index contributed by atoms with van der Waals surface area (Å²) in [4.78, 5) is 12.3. The molecular formula is C13H8F3NOS. The number of hydrogen-bond donors (Lipinski definition) is 2. The van der Waals surface area contributed by atoms with Crippen molar-refractivity contribution < 1.29 is 18.0 Å². The molecule has 19 heavy (non-hydrogen) atoms. The number of carbonyl (C=O) groups is 1. The van der Waals surface area contributed by atoms with Crippen molar-refractivity contribution in [3.05, 3.63) is 59.4 Å². The molecule has 0 spiro atoms. The molecule has 1 N–H and O–H groups in total. The molecule has 2 aromatic rings. The van der Waals surface area contributed by atoms with Crippen molar-refractivity contribution in [2.24, 2.45) is 0 Å². The van der Waals surface area contributed by atoms with Crippen LogP contribution in [-0.2, 0) is 0 Å². The lowest BCUT2D eigenvalue weighted by Gasteiger charge is -2.07. The molecule has 2 rings (SSSR count). The average Bonchev–Trinajstić information content (AvgIpc) is 2.36. The van der Waals surface area contributed by atoms with Crippen LogP contribution in [0.25, 0.3) is 0 Å². The Morgan fingerprint density at radius 1 is 1.00 bits per heavy atom. The summed E-state index contributed by atoms with van der Waals surface area (Å²) in [6, 6.07) is 7.19. The number of thiol groups is 1. The van der Waals surface area contributed by atoms with Gasteiger partial charge in [-0.15, -0.1) is 12.6 Å². The van der Waals surface area contributed by atoms with Gasteiger partial charge in [0.15, 0.2) is 11.6 Å². The van der Waals surface area contributed by atoms with E-state index >= 15 is 0 Å². The van der Waals surface area contributed by atoms with Crippen LogP contribution in [0.2, 0.25) is 0 Å². The van der Waals surface area contributed by atoms with E-state index in [2.05, 4.69) is 17.9 Å². The van der Waals surface area contributed by atoms with Crippen LogP contribution in [-0.4, -0.2) is 5.91 Å². The van der Waals surface area contributed by atoms with Crippen molar-refractivity contribution >= 4 is 24.2 Å². The van der Waals surface area contributed by atoms with Gasteiger partial charge in [-0.2, -0.15) is 0 Å². The summed E-state index contributed by atoms with van der Waals surface area (Å²) in [6.07, 6.45) is 0. The highest BCUT2D eigenvalue weighted by Crippen LogP contribution is 2.19. The maximum atomic E-state index is 13.3. The first-order chi connectivity index (χ1) is 8.97. The van der Waals surface area contributed by atoms with Crippen LogP contribution >= 0.6 is 12.6 Å². The van der Waals surface area contributed by atoms with Crippen molar-refractivity contribution in [3.63, 3.8) is 0 Å². The zero-order valence-electron chi connectivity index (χ0n) is 9.45. The second-order valence-corrected chi connectivity index (χ2v) is 4.27. The Bertz CT molecular complexity index is 646. The standard InChI is InChI=1S/C13H8F3NOS/c14-9-5-11(16)12(6-10(9)15)17-13(18)7-2-1-3-8(19)4-7/h1-6,19H,(H,17,18). The average molecular weight is 283 g/mol. The lowest BCUT2D eigenvalue weighted by molar-refractivity contribution is 0.102. The quantitative estimate of drug-likeness (QED) is 0.639. The molecular weight excluding hydrogens is 275 g/mol. The third kappa shape index (κ3) is 3.08. The van der Waals surface area contributed by atoms with Crippen LogP contribution in [0.15, 0.2) is 41.3 Å². The number of anilines is 1. The maximum Gasteiger partial charge on any atom is 0.255 e. The minimum absolute atomic E-state index is 0.233. The van der Waals surface area contributed by atoms with Gasteiger partial charge in [-0.3, -0.25) is 4.79 Å². The Morgan fingerprint density at radius 3 is 2.37 bits per heavy atom. The zero-order valence-corrected chi connectivity index (χ0v) is 10.3. The first kappa shape index (κ1) is 13.5. The third-order valence-corrected chi connectivity index (χ3v) is 2.64. The molecule has 0 aromatic heterocycles. The van der Waals surface area contributed by atoms with Crippen LogP contribution in [0.1, 0.15) is 10.4 Å². The number of benzene rings is 2. The monoisotopic (exact) mass is 283 g/mol. The number of amides is 1. The van der Waals surface area contributed by atoms with Gasteiger partial charge in [0.1, 0.15) is 5.82 Å². The van der Waals surface area contributed by atoms with Crippen LogP contribution < -0.4 is 5.32 Å². The molecule has 0 bridgehead atoms. The lowest BCUT2D eigenvalue weighted by atomic mass is 10.2. The Labute approximate surface area is 112 Å². The van der Waals surface area contributed by atoms with Crippen molar-refractivity contribution in [3.8, 4) is 0 Å². The molecule has 0 saturated carbocycles. The van der Waals surface area contributed by atoms with E-state index in [1.165, 1.54) is 12.1 Å². The van der Waals surface area contributed by atoms with Gasteiger partial charge in [0.2, 0.25) is 0 Å². The SMILES string of the molecule is O=C(Nc1cc(F)c(F)cc1F)c1cccc(S)c1. The smallest absolute Gasteiger partial charge is 0.255 e. The topological polar surface area (TPSA) is 29.1 Å². The molecule has 0 saturated heterocycles. The van der Waals surface area contributed by atoms with Gasteiger partial charge in [0.25, 0.3) is 5.91 Å². The molecule has 0 aliphatic carbocycles. The lowest BCUT2D eigenvalue weighted by Crippen LogP contribution is -2.13. The molecule has 6 heteroatoms. The molecule has 1 amide bonds. The van der Waals surface area contributed by atoms with E-state index in [4.69, 9.17) is 0 Å². The first-order valence-electron chi connectivity index (χ1n) is 5.22. The number of hydrogen-bond acceptors (Lipinski definition) is 2.